The Morgan fingerprint density at radius 1 is 1.15 bits per heavy atom. The van der Waals surface area contributed by atoms with E-state index < -0.39 is 11.9 Å². The zero-order chi connectivity index (χ0) is 18.5. The zero-order valence-electron chi connectivity index (χ0n) is 14.2. The second-order valence-electron chi connectivity index (χ2n) is 6.32. The van der Waals surface area contributed by atoms with Crippen LogP contribution in [-0.4, -0.2) is 35.0 Å². The van der Waals surface area contributed by atoms with E-state index in [-0.39, 0.29) is 31.3 Å². The van der Waals surface area contributed by atoms with Crippen LogP contribution in [0.25, 0.3) is 0 Å². The Bertz CT molecular complexity index is 808. The van der Waals surface area contributed by atoms with Gasteiger partial charge in [0.15, 0.2) is 0 Å². The smallest absolute Gasteiger partial charge is 0.308 e. The predicted molar refractivity (Wildman–Crippen MR) is 93.2 cm³/mol. The third-order valence-corrected chi connectivity index (χ3v) is 4.53. The van der Waals surface area contributed by atoms with E-state index in [4.69, 9.17) is 9.84 Å². The van der Waals surface area contributed by atoms with Crippen molar-refractivity contribution in [2.45, 2.75) is 19.4 Å². The number of para-hydroxylation sites is 1. The summed E-state index contributed by atoms with van der Waals surface area (Å²) < 4.78 is 19.5. The average molecular weight is 357 g/mol. The number of likely N-dealkylation sites (tertiary alicyclic amines) is 1. The molecule has 1 N–H and O–H groups in total. The fourth-order valence-electron chi connectivity index (χ4n) is 3.03. The molecule has 26 heavy (non-hydrogen) atoms. The van der Waals surface area contributed by atoms with E-state index in [2.05, 4.69) is 0 Å². The summed E-state index contributed by atoms with van der Waals surface area (Å²) in [6.45, 7) is 0.794. The molecule has 1 heterocycles. The van der Waals surface area contributed by atoms with Gasteiger partial charge >= 0.3 is 5.97 Å². The summed E-state index contributed by atoms with van der Waals surface area (Å²) in [5.74, 6) is -1.38. The van der Waals surface area contributed by atoms with Gasteiger partial charge in [0.1, 0.15) is 18.2 Å². The minimum Gasteiger partial charge on any atom is -0.489 e. The number of halogens is 1. The van der Waals surface area contributed by atoms with Crippen molar-refractivity contribution in [1.82, 2.24) is 4.90 Å². The average Bonchev–Trinajstić information content (AvgIpc) is 3.01. The van der Waals surface area contributed by atoms with E-state index >= 15 is 0 Å². The first-order valence-electron chi connectivity index (χ1n) is 8.49. The molecule has 0 aromatic heterocycles. The second-order valence-corrected chi connectivity index (χ2v) is 6.32. The van der Waals surface area contributed by atoms with Crippen molar-refractivity contribution in [3.8, 4) is 5.75 Å². The Kier molecular flexibility index (Phi) is 5.51. The highest BCUT2D eigenvalue weighted by Gasteiger charge is 2.33. The molecule has 3 rings (SSSR count). The summed E-state index contributed by atoms with van der Waals surface area (Å²) in [5.41, 5.74) is 1.37. The summed E-state index contributed by atoms with van der Waals surface area (Å²) >= 11 is 0. The zero-order valence-corrected chi connectivity index (χ0v) is 14.2. The van der Waals surface area contributed by atoms with Gasteiger partial charge < -0.3 is 14.7 Å². The molecule has 0 radical (unpaired) electrons. The normalized spacial score (nSPS) is 16.7. The SMILES string of the molecule is O=C(O)C1CC(=O)N(CCc2ccccc2OCc2ccccc2F)C1. The van der Waals surface area contributed by atoms with Crippen LogP contribution in [0, 0.1) is 11.7 Å². The Labute approximate surface area is 151 Å². The monoisotopic (exact) mass is 357 g/mol. The van der Waals surface area contributed by atoms with Crippen LogP contribution in [0.1, 0.15) is 17.5 Å². The lowest BCUT2D eigenvalue weighted by molar-refractivity contribution is -0.141. The third-order valence-electron chi connectivity index (χ3n) is 4.53. The molecule has 2 aromatic carbocycles. The Balaban J connectivity index is 1.62. The molecule has 0 aliphatic carbocycles. The van der Waals surface area contributed by atoms with Crippen molar-refractivity contribution in [3.05, 3.63) is 65.5 Å². The summed E-state index contributed by atoms with van der Waals surface area (Å²) in [6, 6.07) is 13.9. The Morgan fingerprint density at radius 2 is 1.85 bits per heavy atom. The first-order valence-corrected chi connectivity index (χ1v) is 8.49. The molecule has 1 aliphatic heterocycles. The van der Waals surface area contributed by atoms with Gasteiger partial charge in [0.05, 0.1) is 5.92 Å². The molecule has 1 saturated heterocycles. The highest BCUT2D eigenvalue weighted by molar-refractivity contribution is 5.86. The van der Waals surface area contributed by atoms with E-state index in [1.807, 2.05) is 24.3 Å². The summed E-state index contributed by atoms with van der Waals surface area (Å²) in [7, 11) is 0. The topological polar surface area (TPSA) is 66.8 Å². The van der Waals surface area contributed by atoms with Gasteiger partial charge in [-0.05, 0) is 24.1 Å². The fraction of sp³-hybridized carbons (Fsp3) is 0.300. The molecule has 0 saturated carbocycles. The van der Waals surface area contributed by atoms with E-state index in [1.165, 1.54) is 6.07 Å². The number of benzene rings is 2. The van der Waals surface area contributed by atoms with Crippen molar-refractivity contribution >= 4 is 11.9 Å². The highest BCUT2D eigenvalue weighted by Crippen LogP contribution is 2.23. The van der Waals surface area contributed by atoms with E-state index in [9.17, 15) is 14.0 Å². The van der Waals surface area contributed by atoms with Crippen molar-refractivity contribution < 1.29 is 23.8 Å². The summed E-state index contributed by atoms with van der Waals surface area (Å²) in [5, 5.41) is 9.05. The number of nitrogens with zero attached hydrogens (tertiary/aromatic N) is 1. The molecule has 6 heteroatoms. The van der Waals surface area contributed by atoms with Gasteiger partial charge in [-0.1, -0.05) is 36.4 Å². The summed E-state index contributed by atoms with van der Waals surface area (Å²) in [6.07, 6.45) is 0.603. The molecule has 0 spiro atoms. The molecule has 1 aliphatic rings. The Morgan fingerprint density at radius 3 is 2.54 bits per heavy atom. The van der Waals surface area contributed by atoms with Crippen LogP contribution in [0.2, 0.25) is 0 Å². The number of rotatable bonds is 7. The lowest BCUT2D eigenvalue weighted by Crippen LogP contribution is -2.28. The van der Waals surface area contributed by atoms with Crippen LogP contribution in [0.5, 0.6) is 5.75 Å². The molecular formula is C20H20FNO4. The quantitative estimate of drug-likeness (QED) is 0.827. The predicted octanol–water partition coefficient (Wildman–Crippen LogP) is 2.88. The highest BCUT2D eigenvalue weighted by atomic mass is 19.1. The van der Waals surface area contributed by atoms with Crippen molar-refractivity contribution in [2.24, 2.45) is 5.92 Å². The minimum atomic E-state index is -0.936. The Hall–Kier alpha value is -2.89. The largest absolute Gasteiger partial charge is 0.489 e. The number of carbonyl (C=O) groups excluding carboxylic acids is 1. The number of carbonyl (C=O) groups is 2. The van der Waals surface area contributed by atoms with Crippen molar-refractivity contribution in [3.63, 3.8) is 0 Å². The number of aliphatic carboxylic acids is 1. The minimum absolute atomic E-state index is 0.0563. The van der Waals surface area contributed by atoms with Crippen LogP contribution in [-0.2, 0) is 22.6 Å². The fourth-order valence-corrected chi connectivity index (χ4v) is 3.03. The van der Waals surface area contributed by atoms with Crippen molar-refractivity contribution in [1.29, 1.82) is 0 Å². The number of carboxylic acid groups (broad SMARTS) is 1. The lowest BCUT2D eigenvalue weighted by Gasteiger charge is -2.17. The van der Waals surface area contributed by atoms with Gasteiger partial charge in [0.2, 0.25) is 5.91 Å². The van der Waals surface area contributed by atoms with Crippen LogP contribution in [0.15, 0.2) is 48.5 Å². The van der Waals surface area contributed by atoms with Crippen molar-refractivity contribution in [2.75, 3.05) is 13.1 Å². The molecule has 0 bridgehead atoms. The molecule has 1 unspecified atom stereocenters. The van der Waals surface area contributed by atoms with Crippen LogP contribution in [0.3, 0.4) is 0 Å². The van der Waals surface area contributed by atoms with Crippen LogP contribution < -0.4 is 4.74 Å². The van der Waals surface area contributed by atoms with E-state index in [0.29, 0.717) is 24.3 Å². The van der Waals surface area contributed by atoms with Crippen LogP contribution in [0.4, 0.5) is 4.39 Å². The molecule has 5 nitrogen and oxygen atoms in total. The van der Waals surface area contributed by atoms with Crippen LogP contribution >= 0.6 is 0 Å². The first-order chi connectivity index (χ1) is 12.5. The maximum atomic E-state index is 13.7. The van der Waals surface area contributed by atoms with Gasteiger partial charge in [0, 0.05) is 25.1 Å². The first kappa shape index (κ1) is 17.9. The van der Waals surface area contributed by atoms with Gasteiger partial charge in [-0.25, -0.2) is 4.39 Å². The number of hydrogen-bond acceptors (Lipinski definition) is 3. The van der Waals surface area contributed by atoms with Gasteiger partial charge in [-0.2, -0.15) is 0 Å². The molecule has 1 fully saturated rings. The lowest BCUT2D eigenvalue weighted by atomic mass is 10.1. The summed E-state index contributed by atoms with van der Waals surface area (Å²) in [4.78, 5) is 24.5. The molecule has 1 atom stereocenters. The van der Waals surface area contributed by atoms with Gasteiger partial charge in [0.25, 0.3) is 0 Å². The second kappa shape index (κ2) is 7.99. The third kappa shape index (κ3) is 4.20. The van der Waals surface area contributed by atoms with E-state index in [0.717, 1.165) is 5.56 Å². The number of carboxylic acids is 1. The van der Waals surface area contributed by atoms with Gasteiger partial charge in [-0.15, -0.1) is 0 Å². The molecule has 1 amide bonds. The maximum Gasteiger partial charge on any atom is 0.308 e. The number of amides is 1. The molecular weight excluding hydrogens is 337 g/mol. The standard InChI is InChI=1S/C20H20FNO4/c21-17-7-3-1-6-15(17)13-26-18-8-4-2-5-14(18)9-10-22-12-16(20(24)25)11-19(22)23/h1-8,16H,9-13H2,(H,24,25). The maximum absolute atomic E-state index is 13.7. The number of ether oxygens (including phenoxy) is 1. The van der Waals surface area contributed by atoms with E-state index in [1.54, 1.807) is 23.1 Å². The molecule has 2 aromatic rings. The molecule has 136 valence electrons. The van der Waals surface area contributed by atoms with Gasteiger partial charge in [-0.3, -0.25) is 9.59 Å². The number of hydrogen-bond donors (Lipinski definition) is 1.